The Kier molecular flexibility index (Phi) is 5.54. The maximum atomic E-state index is 11.5. The summed E-state index contributed by atoms with van der Waals surface area (Å²) in [6.45, 7) is 2.28. The summed E-state index contributed by atoms with van der Waals surface area (Å²) in [5.74, 6) is 0.0845. The van der Waals surface area contributed by atoms with E-state index in [1.807, 2.05) is 12.4 Å². The Morgan fingerprint density at radius 2 is 2.18 bits per heavy atom. The van der Waals surface area contributed by atoms with Crippen LogP contribution in [0.15, 0.2) is 5.38 Å². The molecule has 0 bridgehead atoms. The molecule has 0 atom stereocenters. The third kappa shape index (κ3) is 4.80. The largest absolute Gasteiger partial charge is 0.348 e. The first-order valence-corrected chi connectivity index (χ1v) is 6.43. The zero-order chi connectivity index (χ0) is 12.8. The van der Waals surface area contributed by atoms with Gasteiger partial charge in [-0.15, -0.1) is 11.3 Å². The minimum atomic E-state index is 0.0845. The molecule has 0 aliphatic rings. The SMILES string of the molecule is CN(CCN)Cc1csc(CC(=O)N(C)C)n1. The van der Waals surface area contributed by atoms with Gasteiger partial charge < -0.3 is 10.6 Å². The molecule has 0 aliphatic carbocycles. The van der Waals surface area contributed by atoms with Crippen molar-refractivity contribution in [3.8, 4) is 0 Å². The Bertz CT molecular complexity index is 364. The molecule has 17 heavy (non-hydrogen) atoms. The second-order valence-corrected chi connectivity index (χ2v) is 5.17. The highest BCUT2D eigenvalue weighted by Crippen LogP contribution is 2.12. The van der Waals surface area contributed by atoms with Crippen LogP contribution in [0.3, 0.4) is 0 Å². The molecule has 0 spiro atoms. The van der Waals surface area contributed by atoms with Gasteiger partial charge in [0.05, 0.1) is 12.1 Å². The molecular formula is C11H20N4OS. The predicted molar refractivity (Wildman–Crippen MR) is 69.9 cm³/mol. The highest BCUT2D eigenvalue weighted by Gasteiger charge is 2.10. The molecule has 0 fully saturated rings. The molecule has 1 rings (SSSR count). The molecule has 1 aromatic heterocycles. The third-order valence-electron chi connectivity index (χ3n) is 2.34. The van der Waals surface area contributed by atoms with E-state index in [0.717, 1.165) is 23.8 Å². The quantitative estimate of drug-likeness (QED) is 0.788. The normalized spacial score (nSPS) is 10.9. The van der Waals surface area contributed by atoms with Crippen molar-refractivity contribution in [3.63, 3.8) is 0 Å². The van der Waals surface area contributed by atoms with Crippen LogP contribution in [-0.2, 0) is 17.8 Å². The average molecular weight is 256 g/mol. The topological polar surface area (TPSA) is 62.5 Å². The summed E-state index contributed by atoms with van der Waals surface area (Å²) in [5, 5.41) is 2.88. The number of rotatable bonds is 6. The van der Waals surface area contributed by atoms with Gasteiger partial charge in [0.25, 0.3) is 0 Å². The van der Waals surface area contributed by atoms with E-state index >= 15 is 0 Å². The fourth-order valence-corrected chi connectivity index (χ4v) is 2.14. The van der Waals surface area contributed by atoms with E-state index in [2.05, 4.69) is 9.88 Å². The number of amides is 1. The van der Waals surface area contributed by atoms with Crippen LogP contribution < -0.4 is 5.73 Å². The number of hydrogen-bond donors (Lipinski definition) is 1. The lowest BCUT2D eigenvalue weighted by Gasteiger charge is -2.13. The number of thiazole rings is 1. The number of hydrogen-bond acceptors (Lipinski definition) is 5. The molecule has 0 saturated carbocycles. The molecule has 2 N–H and O–H groups in total. The molecule has 6 heteroatoms. The minimum absolute atomic E-state index is 0.0845. The molecule has 0 radical (unpaired) electrons. The maximum Gasteiger partial charge on any atom is 0.228 e. The Balaban J connectivity index is 2.50. The second-order valence-electron chi connectivity index (χ2n) is 4.22. The molecule has 0 aliphatic heterocycles. The van der Waals surface area contributed by atoms with Gasteiger partial charge in [0, 0.05) is 39.1 Å². The minimum Gasteiger partial charge on any atom is -0.348 e. The summed E-state index contributed by atoms with van der Waals surface area (Å²) < 4.78 is 0. The summed E-state index contributed by atoms with van der Waals surface area (Å²) in [4.78, 5) is 19.7. The maximum absolute atomic E-state index is 11.5. The highest BCUT2D eigenvalue weighted by molar-refractivity contribution is 7.09. The molecule has 1 aromatic rings. The first-order valence-electron chi connectivity index (χ1n) is 5.55. The Labute approximate surface area is 106 Å². The van der Waals surface area contributed by atoms with Gasteiger partial charge in [0.2, 0.25) is 5.91 Å². The van der Waals surface area contributed by atoms with Gasteiger partial charge >= 0.3 is 0 Å². The molecule has 96 valence electrons. The molecule has 1 amide bonds. The van der Waals surface area contributed by atoms with Crippen molar-refractivity contribution in [3.05, 3.63) is 16.1 Å². The van der Waals surface area contributed by atoms with Gasteiger partial charge in [-0.3, -0.25) is 9.69 Å². The molecule has 0 unspecified atom stereocenters. The van der Waals surface area contributed by atoms with E-state index in [1.165, 1.54) is 11.3 Å². The number of carbonyl (C=O) groups excluding carboxylic acids is 1. The van der Waals surface area contributed by atoms with Crippen molar-refractivity contribution < 1.29 is 4.79 Å². The zero-order valence-electron chi connectivity index (χ0n) is 10.6. The van der Waals surface area contributed by atoms with Gasteiger partial charge in [0.15, 0.2) is 0 Å². The van der Waals surface area contributed by atoms with E-state index < -0.39 is 0 Å². The monoisotopic (exact) mass is 256 g/mol. The smallest absolute Gasteiger partial charge is 0.228 e. The van der Waals surface area contributed by atoms with Crippen LogP contribution in [0.5, 0.6) is 0 Å². The molecular weight excluding hydrogens is 236 g/mol. The number of nitrogens with zero attached hydrogens (tertiary/aromatic N) is 3. The number of likely N-dealkylation sites (N-methyl/N-ethyl adjacent to an activating group) is 2. The summed E-state index contributed by atoms with van der Waals surface area (Å²) >= 11 is 1.54. The van der Waals surface area contributed by atoms with E-state index in [9.17, 15) is 4.79 Å². The summed E-state index contributed by atoms with van der Waals surface area (Å²) in [6, 6.07) is 0. The van der Waals surface area contributed by atoms with Gasteiger partial charge in [-0.1, -0.05) is 0 Å². The van der Waals surface area contributed by atoms with Crippen molar-refractivity contribution in [2.24, 2.45) is 5.73 Å². The van der Waals surface area contributed by atoms with E-state index in [4.69, 9.17) is 5.73 Å². The predicted octanol–water partition coefficient (Wildman–Crippen LogP) is 0.164. The van der Waals surface area contributed by atoms with Crippen LogP contribution in [0.1, 0.15) is 10.7 Å². The van der Waals surface area contributed by atoms with Crippen LogP contribution in [0, 0.1) is 0 Å². The molecule has 0 aromatic carbocycles. The molecule has 1 heterocycles. The average Bonchev–Trinajstić information content (AvgIpc) is 2.65. The van der Waals surface area contributed by atoms with Crippen LogP contribution in [0.25, 0.3) is 0 Å². The fourth-order valence-electron chi connectivity index (χ4n) is 1.37. The van der Waals surface area contributed by atoms with E-state index in [-0.39, 0.29) is 5.91 Å². The third-order valence-corrected chi connectivity index (χ3v) is 3.24. The highest BCUT2D eigenvalue weighted by atomic mass is 32.1. The Hall–Kier alpha value is -0.980. The van der Waals surface area contributed by atoms with Gasteiger partial charge in [0.1, 0.15) is 5.01 Å². The lowest BCUT2D eigenvalue weighted by atomic mass is 10.4. The van der Waals surface area contributed by atoms with Crippen molar-refractivity contribution in [2.75, 3.05) is 34.2 Å². The van der Waals surface area contributed by atoms with E-state index in [0.29, 0.717) is 13.0 Å². The number of aromatic nitrogens is 1. The first kappa shape index (κ1) is 14.1. The van der Waals surface area contributed by atoms with Gasteiger partial charge in [-0.25, -0.2) is 4.98 Å². The number of nitrogens with two attached hydrogens (primary N) is 1. The van der Waals surface area contributed by atoms with Crippen LogP contribution in [0.2, 0.25) is 0 Å². The van der Waals surface area contributed by atoms with Crippen molar-refractivity contribution in [1.29, 1.82) is 0 Å². The standard InChI is InChI=1S/C11H20N4OS/c1-14(2)11(16)6-10-13-9(8-17-10)7-15(3)5-4-12/h8H,4-7,12H2,1-3H3. The fraction of sp³-hybridized carbons (Fsp3) is 0.636. The first-order chi connectivity index (χ1) is 8.02. The van der Waals surface area contributed by atoms with Crippen LogP contribution in [-0.4, -0.2) is 54.9 Å². The summed E-state index contributed by atoms with van der Waals surface area (Å²) in [5.41, 5.74) is 6.48. The van der Waals surface area contributed by atoms with Crippen molar-refractivity contribution in [1.82, 2.24) is 14.8 Å². The summed E-state index contributed by atoms with van der Waals surface area (Å²) in [7, 11) is 5.52. The lowest BCUT2D eigenvalue weighted by Crippen LogP contribution is -2.25. The van der Waals surface area contributed by atoms with Crippen molar-refractivity contribution >= 4 is 17.2 Å². The van der Waals surface area contributed by atoms with E-state index in [1.54, 1.807) is 19.0 Å². The van der Waals surface area contributed by atoms with Gasteiger partial charge in [-0.2, -0.15) is 0 Å². The molecule has 0 saturated heterocycles. The Morgan fingerprint density at radius 1 is 1.47 bits per heavy atom. The Morgan fingerprint density at radius 3 is 2.76 bits per heavy atom. The zero-order valence-corrected chi connectivity index (χ0v) is 11.5. The van der Waals surface area contributed by atoms with Crippen LogP contribution in [0.4, 0.5) is 0 Å². The van der Waals surface area contributed by atoms with Crippen molar-refractivity contribution in [2.45, 2.75) is 13.0 Å². The lowest BCUT2D eigenvalue weighted by molar-refractivity contribution is -0.127. The van der Waals surface area contributed by atoms with Crippen LogP contribution >= 0.6 is 11.3 Å². The second kappa shape index (κ2) is 6.68. The van der Waals surface area contributed by atoms with Gasteiger partial charge in [-0.05, 0) is 7.05 Å². The number of carbonyl (C=O) groups is 1. The summed E-state index contributed by atoms with van der Waals surface area (Å²) in [6.07, 6.45) is 0.387. The molecule has 5 nitrogen and oxygen atoms in total.